The van der Waals surface area contributed by atoms with Crippen LogP contribution in [0.2, 0.25) is 0 Å². The molecule has 0 radical (unpaired) electrons. The van der Waals surface area contributed by atoms with Gasteiger partial charge in [-0.15, -0.1) is 0 Å². The van der Waals surface area contributed by atoms with Crippen LogP contribution in [0.25, 0.3) is 11.4 Å². The lowest BCUT2D eigenvalue weighted by Crippen LogP contribution is -2.10. The minimum Gasteiger partial charge on any atom is -0.323 e. The molecule has 2 N–H and O–H groups in total. The quantitative estimate of drug-likeness (QED) is 0.835. The Hall–Kier alpha value is -2.32. The molecule has 2 heterocycles. The van der Waals surface area contributed by atoms with Gasteiger partial charge in [0.05, 0.1) is 17.0 Å². The number of nitrogens with two attached hydrogens (primary N) is 1. The Balaban J connectivity index is 2.49. The molecule has 0 fully saturated rings. The van der Waals surface area contributed by atoms with Crippen LogP contribution in [0.4, 0.5) is 0 Å². The fraction of sp³-hybridized carbons (Fsp3) is 0.167. The van der Waals surface area contributed by atoms with E-state index in [2.05, 4.69) is 15.0 Å². The molecule has 0 aromatic carbocycles. The molecule has 2 aromatic heterocycles. The molecule has 17 heavy (non-hydrogen) atoms. The van der Waals surface area contributed by atoms with Gasteiger partial charge in [-0.2, -0.15) is 5.26 Å². The molecule has 0 amide bonds. The molecule has 0 saturated heterocycles. The number of hydrogen-bond acceptors (Lipinski definition) is 5. The molecule has 1 atom stereocenters. The Kier molecular flexibility index (Phi) is 3.08. The summed E-state index contributed by atoms with van der Waals surface area (Å²) in [6, 6.07) is 5.25. The van der Waals surface area contributed by atoms with Gasteiger partial charge in [-0.05, 0) is 19.1 Å². The largest absolute Gasteiger partial charge is 0.323 e. The molecule has 5 nitrogen and oxygen atoms in total. The van der Waals surface area contributed by atoms with Crippen molar-refractivity contribution in [2.75, 3.05) is 0 Å². The monoisotopic (exact) mass is 225 g/mol. The van der Waals surface area contributed by atoms with E-state index in [0.29, 0.717) is 22.6 Å². The number of nitrogens with zero attached hydrogens (tertiary/aromatic N) is 4. The van der Waals surface area contributed by atoms with Crippen molar-refractivity contribution in [1.82, 2.24) is 15.0 Å². The Morgan fingerprint density at radius 2 is 2.00 bits per heavy atom. The summed E-state index contributed by atoms with van der Waals surface area (Å²) in [4.78, 5) is 12.6. The molecule has 0 aliphatic rings. The Bertz CT molecular complexity index is 554. The van der Waals surface area contributed by atoms with Crippen molar-refractivity contribution in [3.63, 3.8) is 0 Å². The van der Waals surface area contributed by atoms with Crippen LogP contribution in [0.1, 0.15) is 24.2 Å². The van der Waals surface area contributed by atoms with E-state index in [4.69, 9.17) is 11.0 Å². The Labute approximate surface area is 99.0 Å². The summed E-state index contributed by atoms with van der Waals surface area (Å²) in [5.41, 5.74) is 8.37. The molecule has 0 spiro atoms. The van der Waals surface area contributed by atoms with Gasteiger partial charge in [0, 0.05) is 24.6 Å². The van der Waals surface area contributed by atoms with Crippen molar-refractivity contribution in [3.8, 4) is 17.5 Å². The van der Waals surface area contributed by atoms with Crippen LogP contribution in [-0.4, -0.2) is 15.0 Å². The highest BCUT2D eigenvalue weighted by Gasteiger charge is 2.12. The number of aromatic nitrogens is 3. The van der Waals surface area contributed by atoms with E-state index < -0.39 is 0 Å². The zero-order valence-corrected chi connectivity index (χ0v) is 9.33. The van der Waals surface area contributed by atoms with Gasteiger partial charge in [0.2, 0.25) is 0 Å². The van der Waals surface area contributed by atoms with E-state index in [1.54, 1.807) is 24.5 Å². The first-order chi connectivity index (χ1) is 8.22. The maximum atomic E-state index is 8.70. The van der Waals surface area contributed by atoms with Crippen LogP contribution < -0.4 is 5.73 Å². The molecule has 2 aromatic rings. The second kappa shape index (κ2) is 4.68. The number of rotatable bonds is 2. The minimum atomic E-state index is -0.212. The average Bonchev–Trinajstić information content (AvgIpc) is 2.39. The summed E-state index contributed by atoms with van der Waals surface area (Å²) in [5, 5.41) is 8.70. The first-order valence-corrected chi connectivity index (χ1v) is 5.15. The number of pyridine rings is 1. The molecule has 0 saturated carbocycles. The molecule has 84 valence electrons. The summed E-state index contributed by atoms with van der Waals surface area (Å²) >= 11 is 0. The van der Waals surface area contributed by atoms with Crippen LogP contribution in [0.5, 0.6) is 0 Å². The van der Waals surface area contributed by atoms with Crippen molar-refractivity contribution >= 4 is 0 Å². The van der Waals surface area contributed by atoms with Gasteiger partial charge >= 0.3 is 0 Å². The highest BCUT2D eigenvalue weighted by molar-refractivity contribution is 5.57. The zero-order valence-electron chi connectivity index (χ0n) is 9.33. The van der Waals surface area contributed by atoms with Gasteiger partial charge in [0.1, 0.15) is 11.8 Å². The van der Waals surface area contributed by atoms with E-state index in [9.17, 15) is 0 Å². The van der Waals surface area contributed by atoms with Crippen LogP contribution in [-0.2, 0) is 0 Å². The van der Waals surface area contributed by atoms with Gasteiger partial charge in [-0.3, -0.25) is 15.0 Å². The predicted octanol–water partition coefficient (Wildman–Crippen LogP) is 1.43. The third kappa shape index (κ3) is 2.27. The van der Waals surface area contributed by atoms with Gasteiger partial charge in [0.25, 0.3) is 0 Å². The normalized spacial score (nSPS) is 11.8. The summed E-state index contributed by atoms with van der Waals surface area (Å²) < 4.78 is 0. The SMILES string of the molecule is C[C@H](N)c1nccnc1-c1ccc(C#N)cn1. The lowest BCUT2D eigenvalue weighted by molar-refractivity contribution is 0.775. The summed E-state index contributed by atoms with van der Waals surface area (Å²) in [7, 11) is 0. The highest BCUT2D eigenvalue weighted by atomic mass is 14.9. The van der Waals surface area contributed by atoms with Crippen molar-refractivity contribution in [3.05, 3.63) is 42.0 Å². The third-order valence-electron chi connectivity index (χ3n) is 2.29. The number of nitriles is 1. The number of hydrogen-bond donors (Lipinski definition) is 1. The molecule has 5 heteroatoms. The van der Waals surface area contributed by atoms with Crippen LogP contribution in [0, 0.1) is 11.3 Å². The Morgan fingerprint density at radius 1 is 1.24 bits per heavy atom. The van der Waals surface area contributed by atoms with Gasteiger partial charge in [-0.1, -0.05) is 0 Å². The third-order valence-corrected chi connectivity index (χ3v) is 2.29. The second-order valence-electron chi connectivity index (χ2n) is 3.62. The maximum Gasteiger partial charge on any atom is 0.112 e. The first kappa shape index (κ1) is 11.2. The maximum absolute atomic E-state index is 8.70. The van der Waals surface area contributed by atoms with E-state index in [0.717, 1.165) is 0 Å². The van der Waals surface area contributed by atoms with Crippen molar-refractivity contribution < 1.29 is 0 Å². The second-order valence-corrected chi connectivity index (χ2v) is 3.62. The molecule has 0 unspecified atom stereocenters. The minimum absolute atomic E-state index is 0.212. The van der Waals surface area contributed by atoms with Crippen LogP contribution in [0.15, 0.2) is 30.7 Å². The van der Waals surface area contributed by atoms with Crippen LogP contribution >= 0.6 is 0 Å². The van der Waals surface area contributed by atoms with Gasteiger partial charge < -0.3 is 5.73 Å². The molecule has 0 aliphatic carbocycles. The lowest BCUT2D eigenvalue weighted by Gasteiger charge is -2.09. The van der Waals surface area contributed by atoms with Crippen molar-refractivity contribution in [2.45, 2.75) is 13.0 Å². The topological polar surface area (TPSA) is 88.5 Å². The van der Waals surface area contributed by atoms with E-state index in [1.165, 1.54) is 6.20 Å². The standard InChI is InChI=1S/C12H11N5/c1-8(14)11-12(16-5-4-15-11)10-3-2-9(6-13)7-17-10/h2-5,7-8H,14H2,1H3/t8-/m0/s1. The molecular weight excluding hydrogens is 214 g/mol. The lowest BCUT2D eigenvalue weighted by atomic mass is 10.1. The summed E-state index contributed by atoms with van der Waals surface area (Å²) in [6.07, 6.45) is 4.71. The fourth-order valence-corrected chi connectivity index (χ4v) is 1.48. The molecule has 0 aliphatic heterocycles. The predicted molar refractivity (Wildman–Crippen MR) is 62.6 cm³/mol. The van der Waals surface area contributed by atoms with Gasteiger partial charge in [0.15, 0.2) is 0 Å². The van der Waals surface area contributed by atoms with Crippen molar-refractivity contribution in [1.29, 1.82) is 5.26 Å². The van der Waals surface area contributed by atoms with Crippen LogP contribution in [0.3, 0.4) is 0 Å². The summed E-state index contributed by atoms with van der Waals surface area (Å²) in [5.74, 6) is 0. The van der Waals surface area contributed by atoms with E-state index >= 15 is 0 Å². The average molecular weight is 225 g/mol. The fourth-order valence-electron chi connectivity index (χ4n) is 1.48. The molecule has 2 rings (SSSR count). The van der Waals surface area contributed by atoms with Crippen molar-refractivity contribution in [2.24, 2.45) is 5.73 Å². The molecular formula is C12H11N5. The highest BCUT2D eigenvalue weighted by Crippen LogP contribution is 2.21. The van der Waals surface area contributed by atoms with E-state index in [1.807, 2.05) is 13.0 Å². The van der Waals surface area contributed by atoms with E-state index in [-0.39, 0.29) is 6.04 Å². The zero-order chi connectivity index (χ0) is 12.3. The first-order valence-electron chi connectivity index (χ1n) is 5.15. The smallest absolute Gasteiger partial charge is 0.112 e. The van der Waals surface area contributed by atoms with Gasteiger partial charge in [-0.25, -0.2) is 0 Å². The molecule has 0 bridgehead atoms. The summed E-state index contributed by atoms with van der Waals surface area (Å²) in [6.45, 7) is 1.84. The Morgan fingerprint density at radius 3 is 2.59 bits per heavy atom.